The molecule has 1 aliphatic carbocycles. The fraction of sp³-hybridized carbons (Fsp3) is 0.444. The first-order chi connectivity index (χ1) is 10.2. The quantitative estimate of drug-likeness (QED) is 0.908. The lowest BCUT2D eigenvalue weighted by atomic mass is 9.87. The van der Waals surface area contributed by atoms with Crippen LogP contribution >= 0.6 is 0 Å². The molecule has 0 aromatic heterocycles. The van der Waals surface area contributed by atoms with Gasteiger partial charge in [0.15, 0.2) is 0 Å². The third-order valence-electron chi connectivity index (χ3n) is 4.36. The summed E-state index contributed by atoms with van der Waals surface area (Å²) in [4.78, 5) is 0. The van der Waals surface area contributed by atoms with Crippen molar-refractivity contribution >= 4 is 0 Å². The maximum atomic E-state index is 6.09. The molecular weight excluding hydrogens is 262 g/mol. The van der Waals surface area contributed by atoms with E-state index in [1.165, 1.54) is 16.7 Å². The number of rotatable bonds is 2. The third-order valence-corrected chi connectivity index (χ3v) is 4.36. The summed E-state index contributed by atoms with van der Waals surface area (Å²) in [6, 6.07) is 6.47. The Morgan fingerprint density at radius 1 is 1.24 bits per heavy atom. The number of benzene rings is 1. The van der Waals surface area contributed by atoms with Crippen LogP contribution in [0.5, 0.6) is 0 Å². The van der Waals surface area contributed by atoms with Crippen molar-refractivity contribution in [2.75, 3.05) is 13.2 Å². The van der Waals surface area contributed by atoms with Crippen molar-refractivity contribution in [3.05, 3.63) is 58.9 Å². The van der Waals surface area contributed by atoms with Crippen LogP contribution in [-0.2, 0) is 9.47 Å². The largest absolute Gasteiger partial charge is 0.492 e. The van der Waals surface area contributed by atoms with Crippen molar-refractivity contribution in [3.63, 3.8) is 0 Å². The molecule has 1 fully saturated rings. The highest BCUT2D eigenvalue weighted by molar-refractivity contribution is 5.40. The summed E-state index contributed by atoms with van der Waals surface area (Å²) in [7, 11) is 0. The average Bonchev–Trinajstić information content (AvgIpc) is 2.68. The normalized spacial score (nSPS) is 28.3. The molecule has 21 heavy (non-hydrogen) atoms. The second-order valence-corrected chi connectivity index (χ2v) is 5.90. The van der Waals surface area contributed by atoms with E-state index in [0.717, 1.165) is 12.2 Å². The first kappa shape index (κ1) is 14.4. The van der Waals surface area contributed by atoms with Gasteiger partial charge in [0, 0.05) is 12.5 Å². The molecule has 0 bridgehead atoms. The molecule has 2 aliphatic rings. The summed E-state index contributed by atoms with van der Waals surface area (Å²) in [6.45, 7) is 5.42. The smallest absolute Gasteiger partial charge is 0.125 e. The van der Waals surface area contributed by atoms with Crippen LogP contribution < -0.4 is 5.73 Å². The minimum atomic E-state index is 0.00358. The number of ether oxygens (including phenoxy) is 2. The lowest BCUT2D eigenvalue weighted by molar-refractivity contribution is -0.0968. The number of fused-ring (bicyclic) bond motifs is 1. The average molecular weight is 285 g/mol. The molecule has 2 N–H and O–H groups in total. The second kappa shape index (κ2) is 6.04. The molecule has 0 amide bonds. The number of allylic oxidation sites excluding steroid dienone is 3. The highest BCUT2D eigenvalue weighted by atomic mass is 16.6. The van der Waals surface area contributed by atoms with Crippen molar-refractivity contribution < 1.29 is 9.47 Å². The summed E-state index contributed by atoms with van der Waals surface area (Å²) in [5.41, 5.74) is 9.79. The van der Waals surface area contributed by atoms with Crippen molar-refractivity contribution in [3.8, 4) is 0 Å². The minimum Gasteiger partial charge on any atom is -0.492 e. The Morgan fingerprint density at radius 2 is 2.00 bits per heavy atom. The fourth-order valence-electron chi connectivity index (χ4n) is 3.29. The monoisotopic (exact) mass is 285 g/mol. The van der Waals surface area contributed by atoms with Crippen molar-refractivity contribution in [1.82, 2.24) is 0 Å². The van der Waals surface area contributed by atoms with Crippen LogP contribution in [-0.4, -0.2) is 25.4 Å². The first-order valence-corrected chi connectivity index (χ1v) is 7.62. The first-order valence-electron chi connectivity index (χ1n) is 7.62. The topological polar surface area (TPSA) is 44.5 Å². The summed E-state index contributed by atoms with van der Waals surface area (Å²) >= 11 is 0. The molecular formula is C18H23NO2. The third kappa shape index (κ3) is 2.89. The van der Waals surface area contributed by atoms with Gasteiger partial charge < -0.3 is 15.2 Å². The highest BCUT2D eigenvalue weighted by Gasteiger charge is 2.31. The van der Waals surface area contributed by atoms with Gasteiger partial charge in [-0.25, -0.2) is 0 Å². The molecule has 0 saturated carbocycles. The van der Waals surface area contributed by atoms with Crippen molar-refractivity contribution in [2.45, 2.75) is 38.4 Å². The van der Waals surface area contributed by atoms with Crippen molar-refractivity contribution in [2.24, 2.45) is 5.73 Å². The van der Waals surface area contributed by atoms with Gasteiger partial charge in [0.05, 0.1) is 0 Å². The lowest BCUT2D eigenvalue weighted by Gasteiger charge is -2.33. The van der Waals surface area contributed by atoms with Gasteiger partial charge in [-0.15, -0.1) is 0 Å². The predicted octanol–water partition coefficient (Wildman–Crippen LogP) is 2.97. The van der Waals surface area contributed by atoms with Gasteiger partial charge in [-0.3, -0.25) is 0 Å². The molecule has 0 spiro atoms. The van der Waals surface area contributed by atoms with Crippen LogP contribution in [0.2, 0.25) is 0 Å². The van der Waals surface area contributed by atoms with Gasteiger partial charge in [0.2, 0.25) is 0 Å². The molecule has 1 aliphatic heterocycles. The summed E-state index contributed by atoms with van der Waals surface area (Å²) < 4.78 is 11.9. The van der Waals surface area contributed by atoms with Crippen LogP contribution in [0.1, 0.15) is 29.0 Å². The Kier molecular flexibility index (Phi) is 4.13. The summed E-state index contributed by atoms with van der Waals surface area (Å²) in [5, 5.41) is 0. The Labute approximate surface area is 126 Å². The number of hydrogen-bond donors (Lipinski definition) is 1. The van der Waals surface area contributed by atoms with Crippen LogP contribution in [0, 0.1) is 13.8 Å². The molecule has 1 aromatic rings. The van der Waals surface area contributed by atoms with E-state index in [1.54, 1.807) is 0 Å². The maximum absolute atomic E-state index is 6.09. The molecule has 1 heterocycles. The lowest BCUT2D eigenvalue weighted by Crippen LogP contribution is -2.39. The van der Waals surface area contributed by atoms with E-state index >= 15 is 0 Å². The van der Waals surface area contributed by atoms with Gasteiger partial charge in [0.25, 0.3) is 0 Å². The van der Waals surface area contributed by atoms with Gasteiger partial charge in [0.1, 0.15) is 24.6 Å². The van der Waals surface area contributed by atoms with Crippen molar-refractivity contribution in [1.29, 1.82) is 0 Å². The van der Waals surface area contributed by atoms with E-state index < -0.39 is 0 Å². The Hall–Kier alpha value is -1.58. The van der Waals surface area contributed by atoms with Crippen LogP contribution in [0.3, 0.4) is 0 Å². The maximum Gasteiger partial charge on any atom is 0.125 e. The summed E-state index contributed by atoms with van der Waals surface area (Å²) in [5.74, 6) is 1.29. The number of hydrogen-bond acceptors (Lipinski definition) is 3. The van der Waals surface area contributed by atoms with Gasteiger partial charge in [-0.05, 0) is 43.0 Å². The van der Waals surface area contributed by atoms with E-state index in [9.17, 15) is 0 Å². The molecule has 3 rings (SSSR count). The predicted molar refractivity (Wildman–Crippen MR) is 84.2 cm³/mol. The SMILES string of the molecule is Cc1cccc(C)c1C1C=CC=C2OCC(CN)OC2C1. The molecule has 3 unspecified atom stereocenters. The van der Waals surface area contributed by atoms with Crippen LogP contribution in [0.15, 0.2) is 42.2 Å². The molecule has 1 aromatic carbocycles. The highest BCUT2D eigenvalue weighted by Crippen LogP contribution is 2.35. The van der Waals surface area contributed by atoms with Gasteiger partial charge in [-0.1, -0.05) is 30.4 Å². The standard InChI is InChI=1S/C18H23NO2/c1-12-5-3-6-13(2)18(12)14-7-4-8-16-17(9-14)21-15(10-19)11-20-16/h3-8,14-15,17H,9-11,19H2,1-2H3. The Bertz CT molecular complexity index is 556. The Balaban J connectivity index is 1.86. The second-order valence-electron chi connectivity index (χ2n) is 5.90. The van der Waals surface area contributed by atoms with E-state index in [0.29, 0.717) is 19.1 Å². The Morgan fingerprint density at radius 3 is 2.71 bits per heavy atom. The van der Waals surface area contributed by atoms with Crippen LogP contribution in [0.4, 0.5) is 0 Å². The zero-order valence-corrected chi connectivity index (χ0v) is 12.7. The molecule has 3 heteroatoms. The zero-order chi connectivity index (χ0) is 14.8. The summed E-state index contributed by atoms with van der Waals surface area (Å²) in [6.07, 6.45) is 7.30. The van der Waals surface area contributed by atoms with E-state index in [-0.39, 0.29) is 12.2 Å². The molecule has 3 atom stereocenters. The van der Waals surface area contributed by atoms with E-state index in [1.807, 2.05) is 6.08 Å². The number of nitrogens with two attached hydrogens (primary N) is 1. The molecule has 3 nitrogen and oxygen atoms in total. The van der Waals surface area contributed by atoms with E-state index in [2.05, 4.69) is 44.2 Å². The zero-order valence-electron chi connectivity index (χ0n) is 12.7. The molecule has 112 valence electrons. The van der Waals surface area contributed by atoms with E-state index in [4.69, 9.17) is 15.2 Å². The van der Waals surface area contributed by atoms with Crippen LogP contribution in [0.25, 0.3) is 0 Å². The van der Waals surface area contributed by atoms with Gasteiger partial charge in [-0.2, -0.15) is 0 Å². The molecule has 0 radical (unpaired) electrons. The minimum absolute atomic E-state index is 0.00358. The fourth-order valence-corrected chi connectivity index (χ4v) is 3.29. The van der Waals surface area contributed by atoms with Gasteiger partial charge >= 0.3 is 0 Å². The number of aryl methyl sites for hydroxylation is 2. The molecule has 1 saturated heterocycles.